The van der Waals surface area contributed by atoms with Gasteiger partial charge in [-0.3, -0.25) is 14.4 Å². The molecular formula is C27H24Cl2F2N4O3. The second-order valence-electron chi connectivity index (χ2n) is 9.38. The van der Waals surface area contributed by atoms with Crippen molar-refractivity contribution in [2.75, 3.05) is 23.4 Å². The van der Waals surface area contributed by atoms with Crippen molar-refractivity contribution in [1.29, 1.82) is 0 Å². The summed E-state index contributed by atoms with van der Waals surface area (Å²) in [6.07, 6.45) is 0. The molecule has 7 nitrogen and oxygen atoms in total. The van der Waals surface area contributed by atoms with E-state index in [1.165, 1.54) is 56.1 Å². The fourth-order valence-electron chi connectivity index (χ4n) is 4.11. The van der Waals surface area contributed by atoms with Crippen LogP contribution in [-0.2, 0) is 9.59 Å². The summed E-state index contributed by atoms with van der Waals surface area (Å²) >= 11 is 12.4. The Labute approximate surface area is 228 Å². The van der Waals surface area contributed by atoms with Crippen molar-refractivity contribution in [3.8, 4) is 0 Å². The standard InChI is InChI=1S/C27H24Cl2F2N4O3/c1-27(2,33-24(36)15-4-6-18(30)7-5-15)26(38)32-21-14-35(20-11-16(28)10-17(29)12-20)23-13-19(31)8-9-22(23)34(3)25(21)37/h4-13,21H,14H2,1-3H3,(H,32,38)(H,33,36)/t21-/m1/s1. The molecule has 11 heteroatoms. The van der Waals surface area contributed by atoms with Crippen LogP contribution in [0.5, 0.6) is 0 Å². The van der Waals surface area contributed by atoms with Crippen LogP contribution in [0.4, 0.5) is 25.8 Å². The second kappa shape index (κ2) is 10.6. The summed E-state index contributed by atoms with van der Waals surface area (Å²) < 4.78 is 27.6. The summed E-state index contributed by atoms with van der Waals surface area (Å²) in [7, 11) is 1.52. The molecule has 1 aliphatic heterocycles. The van der Waals surface area contributed by atoms with E-state index in [2.05, 4.69) is 10.6 Å². The molecular weight excluding hydrogens is 537 g/mol. The average Bonchev–Trinajstić information content (AvgIpc) is 2.93. The van der Waals surface area contributed by atoms with Crippen molar-refractivity contribution in [1.82, 2.24) is 10.6 Å². The summed E-state index contributed by atoms with van der Waals surface area (Å²) in [5, 5.41) is 5.99. The van der Waals surface area contributed by atoms with E-state index in [0.29, 0.717) is 27.1 Å². The van der Waals surface area contributed by atoms with Gasteiger partial charge in [0.15, 0.2) is 0 Å². The molecule has 1 heterocycles. The first-order valence-corrected chi connectivity index (χ1v) is 12.3. The SMILES string of the molecule is CN1C(=O)[C@H](NC(=O)C(C)(C)NC(=O)c2ccc(F)cc2)CN(c2cc(Cl)cc(Cl)c2)c2cc(F)ccc21. The minimum Gasteiger partial charge on any atom is -0.341 e. The average molecular weight is 561 g/mol. The van der Waals surface area contributed by atoms with Gasteiger partial charge < -0.3 is 20.4 Å². The lowest BCUT2D eigenvalue weighted by atomic mass is 10.0. The maximum atomic E-state index is 14.3. The third-order valence-corrected chi connectivity index (χ3v) is 6.58. The Hall–Kier alpha value is -3.69. The van der Waals surface area contributed by atoms with Crippen LogP contribution in [0.1, 0.15) is 24.2 Å². The van der Waals surface area contributed by atoms with Crippen LogP contribution in [0.3, 0.4) is 0 Å². The van der Waals surface area contributed by atoms with Crippen molar-refractivity contribution in [2.24, 2.45) is 0 Å². The normalized spacial score (nSPS) is 15.6. The fourth-order valence-corrected chi connectivity index (χ4v) is 4.62. The Balaban J connectivity index is 1.64. The number of amides is 3. The molecule has 2 N–H and O–H groups in total. The molecule has 0 bridgehead atoms. The number of benzene rings is 3. The molecule has 0 unspecified atom stereocenters. The highest BCUT2D eigenvalue weighted by atomic mass is 35.5. The summed E-state index contributed by atoms with van der Waals surface area (Å²) in [4.78, 5) is 42.4. The minimum absolute atomic E-state index is 0.0793. The van der Waals surface area contributed by atoms with Crippen LogP contribution >= 0.6 is 23.2 Å². The molecule has 3 amide bonds. The molecule has 0 saturated carbocycles. The van der Waals surface area contributed by atoms with Gasteiger partial charge in [0.1, 0.15) is 23.2 Å². The number of carbonyl (C=O) groups excluding carboxylic acids is 3. The van der Waals surface area contributed by atoms with Gasteiger partial charge in [0.05, 0.1) is 17.9 Å². The Morgan fingerprint density at radius 3 is 2.16 bits per heavy atom. The number of nitrogens with zero attached hydrogens (tertiary/aromatic N) is 2. The molecule has 0 aliphatic carbocycles. The zero-order valence-corrected chi connectivity index (χ0v) is 22.2. The lowest BCUT2D eigenvalue weighted by Crippen LogP contribution is -2.60. The first-order valence-electron chi connectivity index (χ1n) is 11.6. The van der Waals surface area contributed by atoms with Gasteiger partial charge in [-0.15, -0.1) is 0 Å². The van der Waals surface area contributed by atoms with Crippen LogP contribution in [0.15, 0.2) is 60.7 Å². The van der Waals surface area contributed by atoms with Gasteiger partial charge in [0.25, 0.3) is 11.8 Å². The molecule has 0 radical (unpaired) electrons. The molecule has 0 fully saturated rings. The Bertz CT molecular complexity index is 1400. The Morgan fingerprint density at radius 1 is 0.921 bits per heavy atom. The van der Waals surface area contributed by atoms with E-state index < -0.39 is 40.9 Å². The monoisotopic (exact) mass is 560 g/mol. The number of anilines is 3. The van der Waals surface area contributed by atoms with Crippen molar-refractivity contribution < 1.29 is 23.2 Å². The first-order chi connectivity index (χ1) is 17.9. The lowest BCUT2D eigenvalue weighted by molar-refractivity contribution is -0.130. The van der Waals surface area contributed by atoms with Crippen LogP contribution in [-0.4, -0.2) is 42.9 Å². The highest BCUT2D eigenvalue weighted by Crippen LogP contribution is 2.39. The van der Waals surface area contributed by atoms with Crippen molar-refractivity contribution in [2.45, 2.75) is 25.4 Å². The van der Waals surface area contributed by atoms with E-state index >= 15 is 0 Å². The largest absolute Gasteiger partial charge is 0.341 e. The summed E-state index contributed by atoms with van der Waals surface area (Å²) in [6.45, 7) is 2.88. The van der Waals surface area contributed by atoms with Gasteiger partial charge in [-0.1, -0.05) is 23.2 Å². The van der Waals surface area contributed by atoms with Gasteiger partial charge in [0, 0.05) is 28.3 Å². The van der Waals surface area contributed by atoms with E-state index in [-0.39, 0.29) is 12.1 Å². The van der Waals surface area contributed by atoms with Crippen LogP contribution in [0.25, 0.3) is 0 Å². The van der Waals surface area contributed by atoms with Crippen molar-refractivity contribution in [3.63, 3.8) is 0 Å². The molecule has 0 spiro atoms. The summed E-state index contributed by atoms with van der Waals surface area (Å²) in [5.74, 6) is -2.70. The third kappa shape index (κ3) is 5.74. The molecule has 1 atom stereocenters. The summed E-state index contributed by atoms with van der Waals surface area (Å²) in [6, 6.07) is 12.5. The van der Waals surface area contributed by atoms with Gasteiger partial charge in [0.2, 0.25) is 5.91 Å². The zero-order valence-electron chi connectivity index (χ0n) is 20.7. The first kappa shape index (κ1) is 27.3. The maximum absolute atomic E-state index is 14.3. The highest BCUT2D eigenvalue weighted by molar-refractivity contribution is 6.35. The summed E-state index contributed by atoms with van der Waals surface area (Å²) in [5.41, 5.74) is -0.00713. The number of likely N-dealkylation sites (N-methyl/N-ethyl adjacent to an activating group) is 1. The maximum Gasteiger partial charge on any atom is 0.252 e. The number of halogens is 4. The quantitative estimate of drug-likeness (QED) is 0.456. The predicted octanol–water partition coefficient (Wildman–Crippen LogP) is 5.08. The van der Waals surface area contributed by atoms with E-state index in [0.717, 1.165) is 12.1 Å². The third-order valence-electron chi connectivity index (χ3n) is 6.15. The molecule has 0 saturated heterocycles. The van der Waals surface area contributed by atoms with E-state index in [1.807, 2.05) is 0 Å². The number of hydrogen-bond acceptors (Lipinski definition) is 4. The van der Waals surface area contributed by atoms with Crippen LogP contribution < -0.4 is 20.4 Å². The van der Waals surface area contributed by atoms with Crippen molar-refractivity contribution >= 4 is 58.0 Å². The molecule has 198 valence electrons. The number of nitrogens with one attached hydrogen (secondary N) is 2. The fraction of sp³-hybridized carbons (Fsp3) is 0.222. The topological polar surface area (TPSA) is 81.8 Å². The number of carbonyl (C=O) groups is 3. The number of rotatable bonds is 5. The molecule has 1 aliphatic rings. The second-order valence-corrected chi connectivity index (χ2v) is 10.3. The molecule has 3 aromatic rings. The minimum atomic E-state index is -1.44. The van der Waals surface area contributed by atoms with E-state index in [9.17, 15) is 23.2 Å². The lowest BCUT2D eigenvalue weighted by Gasteiger charge is -2.30. The van der Waals surface area contributed by atoms with Crippen LogP contribution in [0.2, 0.25) is 10.0 Å². The number of fused-ring (bicyclic) bond motifs is 1. The van der Waals surface area contributed by atoms with Crippen LogP contribution in [0, 0.1) is 11.6 Å². The van der Waals surface area contributed by atoms with E-state index in [1.54, 1.807) is 23.1 Å². The van der Waals surface area contributed by atoms with Gasteiger partial charge in [-0.25, -0.2) is 8.78 Å². The van der Waals surface area contributed by atoms with E-state index in [4.69, 9.17) is 23.2 Å². The van der Waals surface area contributed by atoms with Gasteiger partial charge >= 0.3 is 0 Å². The smallest absolute Gasteiger partial charge is 0.252 e. The predicted molar refractivity (Wildman–Crippen MR) is 143 cm³/mol. The zero-order chi connectivity index (χ0) is 27.8. The molecule has 38 heavy (non-hydrogen) atoms. The molecule has 0 aromatic heterocycles. The Kier molecular flexibility index (Phi) is 7.62. The number of hydrogen-bond donors (Lipinski definition) is 2. The molecule has 3 aromatic carbocycles. The highest BCUT2D eigenvalue weighted by Gasteiger charge is 2.38. The van der Waals surface area contributed by atoms with Gasteiger partial charge in [-0.05, 0) is 74.5 Å². The molecule has 4 rings (SSSR count). The Morgan fingerprint density at radius 2 is 1.53 bits per heavy atom. The van der Waals surface area contributed by atoms with Gasteiger partial charge in [-0.2, -0.15) is 0 Å². The van der Waals surface area contributed by atoms with Crippen molar-refractivity contribution in [3.05, 3.63) is 87.9 Å².